The molecule has 0 spiro atoms. The minimum atomic E-state index is -0.891. The summed E-state index contributed by atoms with van der Waals surface area (Å²) in [5.74, 6) is -1.15. The summed E-state index contributed by atoms with van der Waals surface area (Å²) < 4.78 is 13.6. The zero-order valence-corrected chi connectivity index (χ0v) is 10.6. The van der Waals surface area contributed by atoms with Crippen molar-refractivity contribution in [1.82, 2.24) is 9.97 Å². The molecule has 0 amide bonds. The number of nitrogens with zero attached hydrogens (tertiary/aromatic N) is 3. The molecule has 0 bridgehead atoms. The average Bonchev–Trinajstić information content (AvgIpc) is 2.35. The van der Waals surface area contributed by atoms with Gasteiger partial charge in [0, 0.05) is 17.8 Å². The standard InChI is InChI=1S/C10H5Cl2FN4O2/c11-8-7(13)9(16-10(12)15-8)14-5-2-1-3-6(4-5)17(18)19/h1-4H,(H,14,15,16). The van der Waals surface area contributed by atoms with E-state index in [0.717, 1.165) is 0 Å². The summed E-state index contributed by atoms with van der Waals surface area (Å²) in [6, 6.07) is 5.49. The molecular weight excluding hydrogens is 298 g/mol. The molecule has 1 heterocycles. The number of hydrogen-bond acceptors (Lipinski definition) is 5. The molecule has 98 valence electrons. The van der Waals surface area contributed by atoms with Crippen LogP contribution in [0.25, 0.3) is 0 Å². The molecule has 1 N–H and O–H groups in total. The third-order valence-corrected chi connectivity index (χ3v) is 2.52. The maximum Gasteiger partial charge on any atom is 0.271 e. The van der Waals surface area contributed by atoms with Crippen molar-refractivity contribution in [2.24, 2.45) is 0 Å². The maximum atomic E-state index is 13.6. The molecule has 0 saturated heterocycles. The summed E-state index contributed by atoms with van der Waals surface area (Å²) in [4.78, 5) is 17.1. The van der Waals surface area contributed by atoms with E-state index in [1.165, 1.54) is 24.3 Å². The number of aromatic nitrogens is 2. The van der Waals surface area contributed by atoms with E-state index < -0.39 is 15.9 Å². The Hall–Kier alpha value is -1.99. The van der Waals surface area contributed by atoms with Crippen molar-refractivity contribution in [2.75, 3.05) is 5.32 Å². The highest BCUT2D eigenvalue weighted by atomic mass is 35.5. The molecule has 0 radical (unpaired) electrons. The molecule has 19 heavy (non-hydrogen) atoms. The van der Waals surface area contributed by atoms with Crippen LogP contribution >= 0.6 is 23.2 Å². The van der Waals surface area contributed by atoms with E-state index in [2.05, 4.69) is 15.3 Å². The minimum Gasteiger partial charge on any atom is -0.337 e. The summed E-state index contributed by atoms with van der Waals surface area (Å²) in [6.45, 7) is 0. The first-order valence-electron chi connectivity index (χ1n) is 4.87. The van der Waals surface area contributed by atoms with Gasteiger partial charge in [0.05, 0.1) is 4.92 Å². The van der Waals surface area contributed by atoms with Crippen LogP contribution in [0.2, 0.25) is 10.4 Å². The van der Waals surface area contributed by atoms with E-state index in [1.807, 2.05) is 0 Å². The molecule has 0 aliphatic carbocycles. The highest BCUT2D eigenvalue weighted by Crippen LogP contribution is 2.25. The molecule has 0 fully saturated rings. The van der Waals surface area contributed by atoms with E-state index in [-0.39, 0.29) is 22.5 Å². The van der Waals surface area contributed by atoms with Crippen molar-refractivity contribution in [2.45, 2.75) is 0 Å². The molecule has 0 saturated carbocycles. The second kappa shape index (κ2) is 5.33. The number of non-ortho nitro benzene ring substituents is 1. The fourth-order valence-corrected chi connectivity index (χ4v) is 1.69. The second-order valence-electron chi connectivity index (χ2n) is 3.38. The van der Waals surface area contributed by atoms with E-state index in [0.29, 0.717) is 0 Å². The van der Waals surface area contributed by atoms with Crippen molar-refractivity contribution in [1.29, 1.82) is 0 Å². The first-order chi connectivity index (χ1) is 8.97. The van der Waals surface area contributed by atoms with Crippen molar-refractivity contribution in [3.63, 3.8) is 0 Å². The molecule has 0 aliphatic rings. The van der Waals surface area contributed by atoms with Crippen LogP contribution in [0.4, 0.5) is 21.6 Å². The first kappa shape index (κ1) is 13.4. The topological polar surface area (TPSA) is 81.0 Å². The SMILES string of the molecule is O=[N+]([O-])c1cccc(Nc2nc(Cl)nc(Cl)c2F)c1. The number of benzene rings is 1. The van der Waals surface area contributed by atoms with Crippen LogP contribution in [-0.2, 0) is 0 Å². The van der Waals surface area contributed by atoms with Gasteiger partial charge in [0.2, 0.25) is 11.1 Å². The lowest BCUT2D eigenvalue weighted by Gasteiger charge is -2.07. The van der Waals surface area contributed by atoms with Crippen LogP contribution in [0.1, 0.15) is 0 Å². The fraction of sp³-hybridized carbons (Fsp3) is 0. The number of halogens is 3. The molecule has 0 aliphatic heterocycles. The van der Waals surface area contributed by atoms with Gasteiger partial charge in [-0.25, -0.2) is 4.98 Å². The van der Waals surface area contributed by atoms with E-state index in [1.54, 1.807) is 0 Å². The summed E-state index contributed by atoms with van der Waals surface area (Å²) in [5.41, 5.74) is 0.135. The summed E-state index contributed by atoms with van der Waals surface area (Å²) in [6.07, 6.45) is 0. The predicted molar refractivity (Wildman–Crippen MR) is 68.4 cm³/mol. The highest BCUT2D eigenvalue weighted by molar-refractivity contribution is 6.32. The van der Waals surface area contributed by atoms with Gasteiger partial charge in [-0.1, -0.05) is 17.7 Å². The van der Waals surface area contributed by atoms with Gasteiger partial charge in [0.15, 0.2) is 11.0 Å². The number of hydrogen-bond donors (Lipinski definition) is 1. The van der Waals surface area contributed by atoms with E-state index in [4.69, 9.17) is 23.2 Å². The van der Waals surface area contributed by atoms with Gasteiger partial charge in [-0.3, -0.25) is 10.1 Å². The summed E-state index contributed by atoms with van der Waals surface area (Å²) in [5, 5.41) is 12.5. The molecule has 6 nitrogen and oxygen atoms in total. The quantitative estimate of drug-likeness (QED) is 0.406. The average molecular weight is 303 g/mol. The Morgan fingerprint density at radius 2 is 2.05 bits per heavy atom. The van der Waals surface area contributed by atoms with E-state index in [9.17, 15) is 14.5 Å². The van der Waals surface area contributed by atoms with Gasteiger partial charge in [-0.05, 0) is 17.7 Å². The Kier molecular flexibility index (Phi) is 3.77. The number of anilines is 2. The highest BCUT2D eigenvalue weighted by Gasteiger charge is 2.13. The molecule has 1 aromatic heterocycles. The van der Waals surface area contributed by atoms with Crippen molar-refractivity contribution >= 4 is 40.4 Å². The molecule has 9 heteroatoms. The van der Waals surface area contributed by atoms with Gasteiger partial charge in [-0.15, -0.1) is 0 Å². The zero-order chi connectivity index (χ0) is 14.0. The lowest BCUT2D eigenvalue weighted by Crippen LogP contribution is -2.00. The van der Waals surface area contributed by atoms with Crippen LogP contribution < -0.4 is 5.32 Å². The minimum absolute atomic E-state index is 0.142. The van der Waals surface area contributed by atoms with Gasteiger partial charge in [0.1, 0.15) is 0 Å². The number of nitro groups is 1. The van der Waals surface area contributed by atoms with Crippen molar-refractivity contribution in [3.05, 3.63) is 50.6 Å². The monoisotopic (exact) mass is 302 g/mol. The Morgan fingerprint density at radius 1 is 1.32 bits per heavy atom. The summed E-state index contributed by atoms with van der Waals surface area (Å²) >= 11 is 11.1. The van der Waals surface area contributed by atoms with Crippen LogP contribution in [0.3, 0.4) is 0 Å². The van der Waals surface area contributed by atoms with Crippen LogP contribution in [-0.4, -0.2) is 14.9 Å². The fourth-order valence-electron chi connectivity index (χ4n) is 1.31. The Balaban J connectivity index is 2.36. The summed E-state index contributed by atoms with van der Waals surface area (Å²) in [7, 11) is 0. The Labute approximate surface area is 116 Å². The molecule has 1 aromatic carbocycles. The second-order valence-corrected chi connectivity index (χ2v) is 4.07. The van der Waals surface area contributed by atoms with Crippen molar-refractivity contribution in [3.8, 4) is 0 Å². The largest absolute Gasteiger partial charge is 0.337 e. The van der Waals surface area contributed by atoms with Gasteiger partial charge >= 0.3 is 0 Å². The normalized spacial score (nSPS) is 10.3. The number of rotatable bonds is 3. The van der Waals surface area contributed by atoms with E-state index >= 15 is 0 Å². The third kappa shape index (κ3) is 3.07. The lowest BCUT2D eigenvalue weighted by molar-refractivity contribution is -0.384. The Bertz CT molecular complexity index is 653. The molecule has 2 aromatic rings. The maximum absolute atomic E-state index is 13.6. The van der Waals surface area contributed by atoms with Gasteiger partial charge in [-0.2, -0.15) is 9.37 Å². The smallest absolute Gasteiger partial charge is 0.271 e. The van der Waals surface area contributed by atoms with Gasteiger partial charge in [0.25, 0.3) is 5.69 Å². The molecule has 2 rings (SSSR count). The Morgan fingerprint density at radius 3 is 2.74 bits per heavy atom. The number of nitro benzene ring substituents is 1. The predicted octanol–water partition coefficient (Wildman–Crippen LogP) is 3.57. The third-order valence-electron chi connectivity index (χ3n) is 2.10. The van der Waals surface area contributed by atoms with Gasteiger partial charge < -0.3 is 5.32 Å². The number of nitrogens with one attached hydrogen (secondary N) is 1. The van der Waals surface area contributed by atoms with Crippen LogP contribution in [0, 0.1) is 15.9 Å². The molecular formula is C10H5Cl2FN4O2. The molecule has 0 atom stereocenters. The molecule has 0 unspecified atom stereocenters. The van der Waals surface area contributed by atoms with Crippen LogP contribution in [0.5, 0.6) is 0 Å². The zero-order valence-electron chi connectivity index (χ0n) is 9.10. The lowest BCUT2D eigenvalue weighted by atomic mass is 10.3. The van der Waals surface area contributed by atoms with Crippen LogP contribution in [0.15, 0.2) is 24.3 Å². The first-order valence-corrected chi connectivity index (χ1v) is 5.63. The van der Waals surface area contributed by atoms with Crippen molar-refractivity contribution < 1.29 is 9.31 Å².